The number of rotatable bonds is 9. The summed E-state index contributed by atoms with van der Waals surface area (Å²) in [6.45, 7) is 1.91. The van der Waals surface area contributed by atoms with Crippen LogP contribution in [-0.4, -0.2) is 50.4 Å². The summed E-state index contributed by atoms with van der Waals surface area (Å²) in [4.78, 5) is 23.6. The largest absolute Gasteiger partial charge is 0.494 e. The van der Waals surface area contributed by atoms with Gasteiger partial charge in [-0.3, -0.25) is 9.59 Å². The van der Waals surface area contributed by atoms with Gasteiger partial charge in [0.1, 0.15) is 12.4 Å². The van der Waals surface area contributed by atoms with Crippen molar-refractivity contribution in [3.8, 4) is 5.75 Å². The van der Waals surface area contributed by atoms with Crippen LogP contribution in [0, 0.1) is 0 Å². The fraction of sp³-hybridized carbons (Fsp3) is 0.500. The van der Waals surface area contributed by atoms with Gasteiger partial charge in [0.05, 0.1) is 19.8 Å². The predicted octanol–water partition coefficient (Wildman–Crippen LogP) is 1.90. The van der Waals surface area contributed by atoms with E-state index >= 15 is 0 Å². The fourth-order valence-electron chi connectivity index (χ4n) is 1.85. The van der Waals surface area contributed by atoms with E-state index in [1.165, 1.54) is 6.92 Å². The average molecular weight is 362 g/mol. The number of carbonyl (C=O) groups excluding carboxylic acids is 2. The average Bonchev–Trinajstić information content (AvgIpc) is 2.52. The number of ether oxygens (including phenoxy) is 2. The molecule has 6 nitrogen and oxygen atoms in total. The lowest BCUT2D eigenvalue weighted by Crippen LogP contribution is -2.42. The van der Waals surface area contributed by atoms with E-state index in [0.717, 1.165) is 0 Å². The molecule has 0 spiro atoms. The second-order valence-electron chi connectivity index (χ2n) is 5.24. The number of carbonyl (C=O) groups is 2. The number of hydrogen-bond donors (Lipinski definition) is 2. The number of amides is 2. The maximum Gasteiger partial charge on any atom is 0.411 e. The number of halogens is 3. The molecule has 140 valence electrons. The van der Waals surface area contributed by atoms with Crippen molar-refractivity contribution >= 4 is 11.8 Å². The number of alkyl halides is 3. The first kappa shape index (κ1) is 20.8. The van der Waals surface area contributed by atoms with Gasteiger partial charge >= 0.3 is 6.18 Å². The molecule has 0 saturated heterocycles. The zero-order valence-corrected chi connectivity index (χ0v) is 14.0. The minimum absolute atomic E-state index is 0.280. The molecule has 25 heavy (non-hydrogen) atoms. The van der Waals surface area contributed by atoms with E-state index in [1.54, 1.807) is 24.3 Å². The van der Waals surface area contributed by atoms with Crippen LogP contribution in [0.2, 0.25) is 0 Å². The van der Waals surface area contributed by atoms with E-state index < -0.39 is 30.6 Å². The zero-order valence-electron chi connectivity index (χ0n) is 14.0. The van der Waals surface area contributed by atoms with Gasteiger partial charge in [0, 0.05) is 11.6 Å². The third-order valence-corrected chi connectivity index (χ3v) is 2.88. The summed E-state index contributed by atoms with van der Waals surface area (Å²) in [5.41, 5.74) is 0.359. The van der Waals surface area contributed by atoms with Gasteiger partial charge < -0.3 is 20.1 Å². The van der Waals surface area contributed by atoms with Gasteiger partial charge in [0.25, 0.3) is 5.91 Å². The van der Waals surface area contributed by atoms with Crippen molar-refractivity contribution in [2.24, 2.45) is 0 Å². The van der Waals surface area contributed by atoms with Crippen LogP contribution in [0.25, 0.3) is 0 Å². The van der Waals surface area contributed by atoms with Gasteiger partial charge in [-0.15, -0.1) is 0 Å². The Morgan fingerprint density at radius 3 is 2.40 bits per heavy atom. The van der Waals surface area contributed by atoms with E-state index in [9.17, 15) is 22.8 Å². The summed E-state index contributed by atoms with van der Waals surface area (Å²) in [7, 11) is 0. The molecule has 0 saturated carbocycles. The molecule has 0 heterocycles. The van der Waals surface area contributed by atoms with Gasteiger partial charge in [-0.05, 0) is 38.1 Å². The minimum atomic E-state index is -4.41. The summed E-state index contributed by atoms with van der Waals surface area (Å²) >= 11 is 0. The second-order valence-corrected chi connectivity index (χ2v) is 5.24. The van der Waals surface area contributed by atoms with Gasteiger partial charge in [0.2, 0.25) is 5.91 Å². The normalized spacial score (nSPS) is 12.4. The quantitative estimate of drug-likeness (QED) is 0.704. The molecule has 1 aromatic carbocycles. The molecule has 2 N–H and O–H groups in total. The SMILES string of the molecule is CCOc1ccc(C(=O)NCC(=O)N[C@@H](C)COCC(F)(F)F)cc1. The Morgan fingerprint density at radius 1 is 1.20 bits per heavy atom. The van der Waals surface area contributed by atoms with Crippen molar-refractivity contribution < 1.29 is 32.2 Å². The molecule has 0 aliphatic rings. The van der Waals surface area contributed by atoms with Crippen molar-refractivity contribution in [1.82, 2.24) is 10.6 Å². The van der Waals surface area contributed by atoms with Crippen molar-refractivity contribution in [1.29, 1.82) is 0 Å². The molecule has 0 aromatic heterocycles. The molecule has 1 aromatic rings. The van der Waals surface area contributed by atoms with E-state index in [4.69, 9.17) is 4.74 Å². The summed E-state index contributed by atoms with van der Waals surface area (Å²) in [6.07, 6.45) is -4.41. The number of benzene rings is 1. The van der Waals surface area contributed by atoms with Gasteiger partial charge in [-0.2, -0.15) is 13.2 Å². The van der Waals surface area contributed by atoms with Crippen LogP contribution in [0.5, 0.6) is 5.75 Å². The molecule has 0 unspecified atom stereocenters. The van der Waals surface area contributed by atoms with Gasteiger partial charge in [-0.25, -0.2) is 0 Å². The van der Waals surface area contributed by atoms with Crippen LogP contribution < -0.4 is 15.4 Å². The maximum absolute atomic E-state index is 11.9. The van der Waals surface area contributed by atoms with Crippen LogP contribution in [0.3, 0.4) is 0 Å². The number of nitrogens with one attached hydrogen (secondary N) is 2. The van der Waals surface area contributed by atoms with Crippen LogP contribution >= 0.6 is 0 Å². The molecular weight excluding hydrogens is 341 g/mol. The fourth-order valence-corrected chi connectivity index (χ4v) is 1.85. The molecule has 0 radical (unpaired) electrons. The molecule has 0 bridgehead atoms. The maximum atomic E-state index is 11.9. The third kappa shape index (κ3) is 8.94. The molecule has 1 atom stereocenters. The predicted molar refractivity (Wildman–Crippen MR) is 84.4 cm³/mol. The Balaban J connectivity index is 2.31. The van der Waals surface area contributed by atoms with E-state index in [0.29, 0.717) is 17.9 Å². The first-order chi connectivity index (χ1) is 11.7. The smallest absolute Gasteiger partial charge is 0.411 e. The third-order valence-electron chi connectivity index (χ3n) is 2.88. The zero-order chi connectivity index (χ0) is 18.9. The van der Waals surface area contributed by atoms with Crippen LogP contribution in [0.4, 0.5) is 13.2 Å². The Kier molecular flexibility index (Phi) is 8.20. The molecule has 1 rings (SSSR count). The Bertz CT molecular complexity index is 561. The van der Waals surface area contributed by atoms with Crippen molar-refractivity contribution in [3.05, 3.63) is 29.8 Å². The topological polar surface area (TPSA) is 76.7 Å². The highest BCUT2D eigenvalue weighted by Crippen LogP contribution is 2.14. The monoisotopic (exact) mass is 362 g/mol. The first-order valence-corrected chi connectivity index (χ1v) is 7.66. The van der Waals surface area contributed by atoms with E-state index in [-0.39, 0.29) is 13.2 Å². The van der Waals surface area contributed by atoms with Gasteiger partial charge in [0.15, 0.2) is 0 Å². The summed E-state index contributed by atoms with van der Waals surface area (Å²) in [6, 6.07) is 5.78. The molecule has 0 aliphatic heterocycles. The molecule has 9 heteroatoms. The Morgan fingerprint density at radius 2 is 1.84 bits per heavy atom. The van der Waals surface area contributed by atoms with Crippen molar-refractivity contribution in [2.75, 3.05) is 26.4 Å². The molecule has 0 aliphatic carbocycles. The number of hydrogen-bond acceptors (Lipinski definition) is 4. The highest BCUT2D eigenvalue weighted by molar-refractivity contribution is 5.96. The van der Waals surface area contributed by atoms with Crippen molar-refractivity contribution in [3.63, 3.8) is 0 Å². The highest BCUT2D eigenvalue weighted by Gasteiger charge is 2.27. The molecule has 2 amide bonds. The first-order valence-electron chi connectivity index (χ1n) is 7.66. The minimum Gasteiger partial charge on any atom is -0.494 e. The molecular formula is C16H21F3N2O4. The lowest BCUT2D eigenvalue weighted by atomic mass is 10.2. The Hall–Kier alpha value is -2.29. The standard InChI is InChI=1S/C16H21F3N2O4/c1-3-25-13-6-4-12(5-7-13)15(23)20-8-14(22)21-11(2)9-24-10-16(17,18)19/h4-7,11H,3,8-10H2,1-2H3,(H,20,23)(H,21,22)/t11-/m0/s1. The van der Waals surface area contributed by atoms with E-state index in [1.807, 2.05) is 6.92 Å². The van der Waals surface area contributed by atoms with Crippen LogP contribution in [0.1, 0.15) is 24.2 Å². The van der Waals surface area contributed by atoms with E-state index in [2.05, 4.69) is 15.4 Å². The summed E-state index contributed by atoms with van der Waals surface area (Å²) in [5.74, 6) is -0.342. The molecule has 0 fully saturated rings. The van der Waals surface area contributed by atoms with Crippen LogP contribution in [-0.2, 0) is 9.53 Å². The lowest BCUT2D eigenvalue weighted by Gasteiger charge is -2.15. The van der Waals surface area contributed by atoms with Crippen molar-refractivity contribution in [2.45, 2.75) is 26.1 Å². The second kappa shape index (κ2) is 9.87. The summed E-state index contributed by atoms with van der Waals surface area (Å²) in [5, 5.41) is 4.86. The van der Waals surface area contributed by atoms with Gasteiger partial charge in [-0.1, -0.05) is 0 Å². The van der Waals surface area contributed by atoms with Crippen LogP contribution in [0.15, 0.2) is 24.3 Å². The Labute approximate surface area is 143 Å². The summed E-state index contributed by atoms with van der Waals surface area (Å²) < 4.78 is 45.5. The highest BCUT2D eigenvalue weighted by atomic mass is 19.4. The lowest BCUT2D eigenvalue weighted by molar-refractivity contribution is -0.175.